The number of likely N-dealkylation sites (tertiary alicyclic amines) is 1. The summed E-state index contributed by atoms with van der Waals surface area (Å²) >= 11 is 0. The fraction of sp³-hybridized carbons (Fsp3) is 0.571. The third kappa shape index (κ3) is 1.94. The van der Waals surface area contributed by atoms with Crippen molar-refractivity contribution in [3.63, 3.8) is 0 Å². The van der Waals surface area contributed by atoms with E-state index in [9.17, 15) is 0 Å². The first-order valence-corrected chi connectivity index (χ1v) is 6.00. The first-order valence-electron chi connectivity index (χ1n) is 6.00. The number of allylic oxidation sites excluding steroid dienone is 4. The van der Waals surface area contributed by atoms with E-state index in [4.69, 9.17) is 4.74 Å². The number of piperidine rings is 1. The zero-order valence-electron chi connectivity index (χ0n) is 10.3. The number of hydrogen-bond donors (Lipinski definition) is 0. The van der Waals surface area contributed by atoms with Crippen molar-refractivity contribution in [2.75, 3.05) is 26.7 Å². The summed E-state index contributed by atoms with van der Waals surface area (Å²) in [7, 11) is 2.19. The monoisotopic (exact) mass is 219 g/mol. The molecular weight excluding hydrogens is 198 g/mol. The summed E-state index contributed by atoms with van der Waals surface area (Å²) in [6.07, 6.45) is 8.45. The van der Waals surface area contributed by atoms with Gasteiger partial charge in [0.1, 0.15) is 0 Å². The van der Waals surface area contributed by atoms with Gasteiger partial charge < -0.3 is 9.64 Å². The van der Waals surface area contributed by atoms with Crippen LogP contribution in [0, 0.1) is 5.41 Å². The molecule has 0 N–H and O–H groups in total. The first kappa shape index (κ1) is 11.5. The molecule has 0 saturated carbocycles. The Balaban J connectivity index is 2.21. The number of hydrogen-bond acceptors (Lipinski definition) is 2. The summed E-state index contributed by atoms with van der Waals surface area (Å²) < 4.78 is 5.77. The minimum absolute atomic E-state index is 0.274. The summed E-state index contributed by atoms with van der Waals surface area (Å²) in [4.78, 5) is 2.40. The van der Waals surface area contributed by atoms with Crippen molar-refractivity contribution < 1.29 is 4.74 Å². The van der Waals surface area contributed by atoms with Crippen molar-refractivity contribution >= 4 is 0 Å². The predicted octanol–water partition coefficient (Wildman–Crippen LogP) is 2.74. The highest BCUT2D eigenvalue weighted by Gasteiger charge is 2.42. The van der Waals surface area contributed by atoms with Gasteiger partial charge in [0.05, 0.1) is 12.4 Å². The molecule has 1 saturated heterocycles. The third-order valence-electron chi connectivity index (χ3n) is 3.86. The van der Waals surface area contributed by atoms with Gasteiger partial charge in [-0.2, -0.15) is 0 Å². The van der Waals surface area contributed by atoms with Gasteiger partial charge in [-0.15, -0.1) is 0 Å². The Bertz CT molecular complexity index is 333. The molecule has 0 unspecified atom stereocenters. The Labute approximate surface area is 98.3 Å². The Morgan fingerprint density at radius 2 is 2.06 bits per heavy atom. The van der Waals surface area contributed by atoms with E-state index < -0.39 is 0 Å². The van der Waals surface area contributed by atoms with Gasteiger partial charge in [0.15, 0.2) is 0 Å². The molecule has 0 aromatic rings. The Kier molecular flexibility index (Phi) is 3.20. The molecule has 2 rings (SSSR count). The van der Waals surface area contributed by atoms with Gasteiger partial charge in [-0.3, -0.25) is 0 Å². The van der Waals surface area contributed by atoms with Crippen molar-refractivity contribution in [3.05, 3.63) is 36.1 Å². The molecule has 2 aliphatic heterocycles. The second-order valence-corrected chi connectivity index (χ2v) is 4.94. The van der Waals surface area contributed by atoms with Crippen LogP contribution in [0.3, 0.4) is 0 Å². The predicted molar refractivity (Wildman–Crippen MR) is 67.2 cm³/mol. The van der Waals surface area contributed by atoms with E-state index in [1.807, 2.05) is 12.2 Å². The van der Waals surface area contributed by atoms with Crippen LogP contribution in [0.5, 0.6) is 0 Å². The average molecular weight is 219 g/mol. The summed E-state index contributed by atoms with van der Waals surface area (Å²) in [6, 6.07) is 0. The molecule has 0 radical (unpaired) electrons. The average Bonchev–Trinajstić information content (AvgIpc) is 2.58. The van der Waals surface area contributed by atoms with Crippen LogP contribution in [0.4, 0.5) is 0 Å². The minimum Gasteiger partial charge on any atom is -0.497 e. The molecule has 88 valence electrons. The van der Waals surface area contributed by atoms with Crippen LogP contribution in [-0.4, -0.2) is 31.6 Å². The van der Waals surface area contributed by atoms with Gasteiger partial charge in [-0.25, -0.2) is 0 Å². The van der Waals surface area contributed by atoms with Crippen molar-refractivity contribution in [1.82, 2.24) is 4.90 Å². The molecular formula is C14H21NO. The van der Waals surface area contributed by atoms with E-state index in [-0.39, 0.29) is 5.41 Å². The van der Waals surface area contributed by atoms with Crippen LogP contribution in [0.1, 0.15) is 19.8 Å². The Morgan fingerprint density at radius 1 is 1.38 bits per heavy atom. The highest BCUT2D eigenvalue weighted by atomic mass is 16.5. The molecule has 0 aromatic heterocycles. The van der Waals surface area contributed by atoms with Gasteiger partial charge in [-0.1, -0.05) is 24.8 Å². The maximum atomic E-state index is 5.77. The zero-order valence-corrected chi connectivity index (χ0v) is 10.3. The molecule has 0 aromatic carbocycles. The van der Waals surface area contributed by atoms with E-state index in [0.717, 1.165) is 12.4 Å². The molecule has 0 aliphatic carbocycles. The van der Waals surface area contributed by atoms with Crippen LogP contribution >= 0.6 is 0 Å². The molecule has 1 fully saturated rings. The lowest BCUT2D eigenvalue weighted by atomic mass is 9.73. The lowest BCUT2D eigenvalue weighted by molar-refractivity contribution is 0.0989. The Hall–Kier alpha value is -1.02. The number of ether oxygens (including phenoxy) is 1. The molecule has 2 heteroatoms. The Morgan fingerprint density at radius 3 is 2.69 bits per heavy atom. The van der Waals surface area contributed by atoms with E-state index in [0.29, 0.717) is 0 Å². The standard InChI is InChI=1S/C14H21NO/c1-4-5-6-13-12(2)16-11-14(13)7-9-15(3)10-8-14/h4-6H,1,7-11H2,2-3H3/b6-5-. The molecule has 0 amide bonds. The van der Waals surface area contributed by atoms with Crippen molar-refractivity contribution in [2.24, 2.45) is 5.41 Å². The maximum Gasteiger partial charge on any atom is 0.0976 e. The maximum absolute atomic E-state index is 5.77. The lowest BCUT2D eigenvalue weighted by Crippen LogP contribution is -2.39. The third-order valence-corrected chi connectivity index (χ3v) is 3.86. The quantitative estimate of drug-likeness (QED) is 0.662. The fourth-order valence-electron chi connectivity index (χ4n) is 2.69. The SMILES string of the molecule is C=C/C=C\C1=C(C)OCC12CCN(C)CC2. The second-order valence-electron chi connectivity index (χ2n) is 4.94. The number of nitrogens with zero attached hydrogens (tertiary/aromatic N) is 1. The van der Waals surface area contributed by atoms with Crippen LogP contribution < -0.4 is 0 Å². The highest BCUT2D eigenvalue weighted by molar-refractivity contribution is 5.34. The van der Waals surface area contributed by atoms with E-state index in [1.54, 1.807) is 0 Å². The largest absolute Gasteiger partial charge is 0.497 e. The molecule has 2 aliphatic rings. The van der Waals surface area contributed by atoms with Crippen LogP contribution in [-0.2, 0) is 4.74 Å². The van der Waals surface area contributed by atoms with Crippen molar-refractivity contribution in [3.8, 4) is 0 Å². The summed E-state index contributed by atoms with van der Waals surface area (Å²) in [5.41, 5.74) is 1.66. The smallest absolute Gasteiger partial charge is 0.0976 e. The summed E-state index contributed by atoms with van der Waals surface area (Å²) in [5.74, 6) is 1.10. The molecule has 0 atom stereocenters. The molecule has 2 heterocycles. The summed E-state index contributed by atoms with van der Waals surface area (Å²) in [6.45, 7) is 9.02. The topological polar surface area (TPSA) is 12.5 Å². The minimum atomic E-state index is 0.274. The fourth-order valence-corrected chi connectivity index (χ4v) is 2.69. The van der Waals surface area contributed by atoms with Crippen LogP contribution in [0.2, 0.25) is 0 Å². The molecule has 1 spiro atoms. The van der Waals surface area contributed by atoms with Crippen molar-refractivity contribution in [2.45, 2.75) is 19.8 Å². The van der Waals surface area contributed by atoms with Crippen LogP contribution in [0.25, 0.3) is 0 Å². The van der Waals surface area contributed by atoms with E-state index in [1.165, 1.54) is 31.5 Å². The molecule has 2 nitrogen and oxygen atoms in total. The van der Waals surface area contributed by atoms with Gasteiger partial charge in [0.2, 0.25) is 0 Å². The molecule has 16 heavy (non-hydrogen) atoms. The normalized spacial score (nSPS) is 25.4. The molecule has 0 bridgehead atoms. The van der Waals surface area contributed by atoms with Gasteiger partial charge >= 0.3 is 0 Å². The number of rotatable bonds is 2. The van der Waals surface area contributed by atoms with Crippen LogP contribution in [0.15, 0.2) is 36.1 Å². The van der Waals surface area contributed by atoms with Gasteiger partial charge in [-0.05, 0) is 45.5 Å². The van der Waals surface area contributed by atoms with Gasteiger partial charge in [0, 0.05) is 5.41 Å². The summed E-state index contributed by atoms with van der Waals surface area (Å²) in [5, 5.41) is 0. The van der Waals surface area contributed by atoms with E-state index >= 15 is 0 Å². The van der Waals surface area contributed by atoms with Crippen molar-refractivity contribution in [1.29, 1.82) is 0 Å². The first-order chi connectivity index (χ1) is 7.68. The zero-order chi connectivity index (χ0) is 11.6. The van der Waals surface area contributed by atoms with E-state index in [2.05, 4.69) is 31.5 Å². The highest BCUT2D eigenvalue weighted by Crippen LogP contribution is 2.45. The second kappa shape index (κ2) is 4.46. The lowest BCUT2D eigenvalue weighted by Gasteiger charge is -2.37. The van der Waals surface area contributed by atoms with Gasteiger partial charge in [0.25, 0.3) is 0 Å².